The number of carbonyl (C=O) groups excluding carboxylic acids is 1. The van der Waals surface area contributed by atoms with Crippen LogP contribution in [0, 0.1) is 5.92 Å². The second-order valence-corrected chi connectivity index (χ2v) is 3.17. The summed E-state index contributed by atoms with van der Waals surface area (Å²) in [5, 5.41) is 8.71. The molecule has 4 nitrogen and oxygen atoms in total. The van der Waals surface area contributed by atoms with Crippen LogP contribution in [0.25, 0.3) is 0 Å². The molecule has 1 atom stereocenters. The summed E-state index contributed by atoms with van der Waals surface area (Å²) in [5.41, 5.74) is 0. The fourth-order valence-corrected chi connectivity index (χ4v) is 1.22. The van der Waals surface area contributed by atoms with Gasteiger partial charge in [-0.15, -0.1) is 0 Å². The summed E-state index contributed by atoms with van der Waals surface area (Å²) in [5.74, 6) is 0.292. The van der Waals surface area contributed by atoms with Crippen molar-refractivity contribution in [2.24, 2.45) is 5.92 Å². The first kappa shape index (κ1) is 9.48. The summed E-state index contributed by atoms with van der Waals surface area (Å²) in [6.07, 6.45) is -0.357. The van der Waals surface area contributed by atoms with Gasteiger partial charge in [0.25, 0.3) is 5.91 Å². The van der Waals surface area contributed by atoms with Gasteiger partial charge in [0.2, 0.25) is 0 Å². The van der Waals surface area contributed by atoms with E-state index in [1.807, 2.05) is 0 Å². The number of amides is 1. The Morgan fingerprint density at radius 3 is 2.75 bits per heavy atom. The molecule has 0 spiro atoms. The number of hydrogen-bond acceptors (Lipinski definition) is 3. The first-order valence-corrected chi connectivity index (χ1v) is 4.11. The minimum Gasteiger partial charge on any atom is -0.396 e. The Morgan fingerprint density at radius 1 is 1.75 bits per heavy atom. The van der Waals surface area contributed by atoms with Crippen molar-refractivity contribution < 1.29 is 14.6 Å². The molecule has 1 heterocycles. The summed E-state index contributed by atoms with van der Waals surface area (Å²) >= 11 is 0. The molecule has 12 heavy (non-hydrogen) atoms. The van der Waals surface area contributed by atoms with E-state index in [-0.39, 0.29) is 24.5 Å². The molecule has 1 amide bonds. The molecule has 1 aliphatic heterocycles. The van der Waals surface area contributed by atoms with Gasteiger partial charge in [-0.05, 0) is 6.92 Å². The highest BCUT2D eigenvalue weighted by atomic mass is 16.5. The average molecular weight is 173 g/mol. The number of ether oxygens (including phenoxy) is 1. The highest BCUT2D eigenvalue weighted by Gasteiger charge is 2.32. The number of nitrogens with zero attached hydrogens (tertiary/aromatic N) is 1. The molecule has 70 valence electrons. The van der Waals surface area contributed by atoms with Gasteiger partial charge in [0.05, 0.1) is 0 Å². The van der Waals surface area contributed by atoms with E-state index in [1.54, 1.807) is 11.8 Å². The van der Waals surface area contributed by atoms with Crippen LogP contribution in [-0.2, 0) is 9.53 Å². The molecule has 1 unspecified atom stereocenters. The number of carbonyl (C=O) groups is 1. The Bertz CT molecular complexity index is 166. The van der Waals surface area contributed by atoms with Crippen molar-refractivity contribution in [2.45, 2.75) is 13.0 Å². The minimum atomic E-state index is -0.357. The molecule has 0 aromatic rings. The fraction of sp³-hybridized carbons (Fsp3) is 0.875. The van der Waals surface area contributed by atoms with Crippen LogP contribution < -0.4 is 0 Å². The molecule has 0 saturated carbocycles. The van der Waals surface area contributed by atoms with Crippen LogP contribution in [0.5, 0.6) is 0 Å². The van der Waals surface area contributed by atoms with Gasteiger partial charge in [-0.25, -0.2) is 0 Å². The second-order valence-electron chi connectivity index (χ2n) is 3.17. The Labute approximate surface area is 72.1 Å². The maximum atomic E-state index is 11.3. The zero-order chi connectivity index (χ0) is 9.14. The van der Waals surface area contributed by atoms with Gasteiger partial charge in [-0.2, -0.15) is 0 Å². The van der Waals surface area contributed by atoms with Gasteiger partial charge in [-0.1, -0.05) is 0 Å². The Kier molecular flexibility index (Phi) is 3.05. The molecule has 0 aromatic carbocycles. The average Bonchev–Trinajstić information content (AvgIpc) is 2.01. The van der Waals surface area contributed by atoms with Gasteiger partial charge in [0.1, 0.15) is 6.10 Å². The number of aliphatic hydroxyl groups is 1. The molecule has 4 heteroatoms. The smallest absolute Gasteiger partial charge is 0.251 e. The summed E-state index contributed by atoms with van der Waals surface area (Å²) in [7, 11) is 1.52. The third-order valence-electron chi connectivity index (χ3n) is 2.23. The Morgan fingerprint density at radius 2 is 2.33 bits per heavy atom. The number of aliphatic hydroxyl groups excluding tert-OH is 1. The van der Waals surface area contributed by atoms with Crippen LogP contribution in [0.4, 0.5) is 0 Å². The molecule has 0 radical (unpaired) electrons. The van der Waals surface area contributed by atoms with Crippen LogP contribution >= 0.6 is 0 Å². The molecular formula is C8H15NO3. The maximum absolute atomic E-state index is 11.3. The van der Waals surface area contributed by atoms with E-state index in [9.17, 15) is 4.79 Å². The van der Waals surface area contributed by atoms with Crippen molar-refractivity contribution in [3.05, 3.63) is 0 Å². The Balaban J connectivity index is 2.28. The molecule has 0 bridgehead atoms. The van der Waals surface area contributed by atoms with Crippen LogP contribution in [0.15, 0.2) is 0 Å². The predicted octanol–water partition coefficient (Wildman–Crippen LogP) is -0.528. The lowest BCUT2D eigenvalue weighted by atomic mass is 10.0. The monoisotopic (exact) mass is 173 g/mol. The Hall–Kier alpha value is -0.610. The SMILES string of the molecule is COC(C)C(=O)N1CC(CO)C1. The molecule has 1 N–H and O–H groups in total. The summed E-state index contributed by atoms with van der Waals surface area (Å²) in [6.45, 7) is 3.24. The van der Waals surface area contributed by atoms with Gasteiger partial charge in [0.15, 0.2) is 0 Å². The van der Waals surface area contributed by atoms with Crippen molar-refractivity contribution in [3.8, 4) is 0 Å². The van der Waals surface area contributed by atoms with E-state index in [4.69, 9.17) is 9.84 Å². The van der Waals surface area contributed by atoms with Crippen LogP contribution in [0.2, 0.25) is 0 Å². The standard InChI is InChI=1S/C8H15NO3/c1-6(12-2)8(11)9-3-7(4-9)5-10/h6-7,10H,3-5H2,1-2H3. The number of methoxy groups -OCH3 is 1. The van der Waals surface area contributed by atoms with E-state index in [0.717, 1.165) is 0 Å². The summed E-state index contributed by atoms with van der Waals surface area (Å²) in [6, 6.07) is 0. The van der Waals surface area contributed by atoms with Crippen LogP contribution in [0.1, 0.15) is 6.92 Å². The first-order valence-electron chi connectivity index (χ1n) is 4.11. The predicted molar refractivity (Wildman–Crippen MR) is 43.6 cm³/mol. The van der Waals surface area contributed by atoms with E-state index in [1.165, 1.54) is 7.11 Å². The zero-order valence-electron chi connectivity index (χ0n) is 7.49. The highest BCUT2D eigenvalue weighted by Crippen LogP contribution is 2.15. The lowest BCUT2D eigenvalue weighted by Gasteiger charge is -2.39. The topological polar surface area (TPSA) is 49.8 Å². The number of likely N-dealkylation sites (tertiary alicyclic amines) is 1. The van der Waals surface area contributed by atoms with Gasteiger partial charge in [0, 0.05) is 32.7 Å². The van der Waals surface area contributed by atoms with Gasteiger partial charge < -0.3 is 14.7 Å². The van der Waals surface area contributed by atoms with Gasteiger partial charge >= 0.3 is 0 Å². The normalized spacial score (nSPS) is 20.4. The van der Waals surface area contributed by atoms with E-state index >= 15 is 0 Å². The molecule has 1 rings (SSSR count). The number of rotatable bonds is 3. The third-order valence-corrected chi connectivity index (χ3v) is 2.23. The zero-order valence-corrected chi connectivity index (χ0v) is 7.49. The van der Waals surface area contributed by atoms with Crippen LogP contribution in [-0.4, -0.2) is 48.8 Å². The molecule has 1 fully saturated rings. The molecule has 0 aromatic heterocycles. The lowest BCUT2D eigenvalue weighted by Crippen LogP contribution is -2.54. The minimum absolute atomic E-state index is 0.0159. The highest BCUT2D eigenvalue weighted by molar-refractivity contribution is 5.81. The van der Waals surface area contributed by atoms with E-state index in [0.29, 0.717) is 13.1 Å². The van der Waals surface area contributed by atoms with E-state index < -0.39 is 0 Å². The van der Waals surface area contributed by atoms with E-state index in [2.05, 4.69) is 0 Å². The molecule has 1 saturated heterocycles. The third kappa shape index (κ3) is 1.76. The van der Waals surface area contributed by atoms with Crippen LogP contribution in [0.3, 0.4) is 0 Å². The maximum Gasteiger partial charge on any atom is 0.251 e. The number of hydrogen-bond donors (Lipinski definition) is 1. The van der Waals surface area contributed by atoms with Crippen molar-refractivity contribution >= 4 is 5.91 Å². The summed E-state index contributed by atoms with van der Waals surface area (Å²) in [4.78, 5) is 13.0. The van der Waals surface area contributed by atoms with Crippen molar-refractivity contribution in [2.75, 3.05) is 26.8 Å². The van der Waals surface area contributed by atoms with Crippen molar-refractivity contribution in [1.29, 1.82) is 0 Å². The summed E-state index contributed by atoms with van der Waals surface area (Å²) < 4.78 is 4.88. The molecule has 1 aliphatic rings. The second kappa shape index (κ2) is 3.87. The van der Waals surface area contributed by atoms with Crippen molar-refractivity contribution in [1.82, 2.24) is 4.90 Å². The van der Waals surface area contributed by atoms with Gasteiger partial charge in [-0.3, -0.25) is 4.79 Å². The largest absolute Gasteiger partial charge is 0.396 e. The first-order chi connectivity index (χ1) is 5.69. The molecular weight excluding hydrogens is 158 g/mol. The van der Waals surface area contributed by atoms with Crippen molar-refractivity contribution in [3.63, 3.8) is 0 Å². The molecule has 0 aliphatic carbocycles. The fourth-order valence-electron chi connectivity index (χ4n) is 1.22. The lowest BCUT2D eigenvalue weighted by molar-refractivity contribution is -0.148. The quantitative estimate of drug-likeness (QED) is 0.624.